The van der Waals surface area contributed by atoms with Gasteiger partial charge in [-0.3, -0.25) is 0 Å². The third-order valence-corrected chi connectivity index (χ3v) is 12.6. The highest BCUT2D eigenvalue weighted by Gasteiger charge is 2.36. The van der Waals surface area contributed by atoms with E-state index in [0.29, 0.717) is 0 Å². The van der Waals surface area contributed by atoms with Crippen molar-refractivity contribution >= 4 is 70.1 Å². The molecule has 0 bridgehead atoms. The molecule has 0 saturated carbocycles. The molecule has 2 aromatic heterocycles. The van der Waals surface area contributed by atoms with E-state index in [1.54, 1.807) is 11.3 Å². The van der Waals surface area contributed by atoms with Gasteiger partial charge >= 0.3 is 0 Å². The quantitative estimate of drug-likeness (QED) is 0.180. The Morgan fingerprint density at radius 3 is 2.06 bits per heavy atom. The molecule has 1 aliphatic carbocycles. The molecule has 0 atom stereocenters. The number of aromatic nitrogens is 1. The summed E-state index contributed by atoms with van der Waals surface area (Å²) in [5, 5.41) is 3.63. The molecule has 0 saturated heterocycles. The summed E-state index contributed by atoms with van der Waals surface area (Å²) in [4.78, 5) is 7.56. The monoisotopic (exact) mass is 676 g/mol. The summed E-state index contributed by atoms with van der Waals surface area (Å²) in [6.45, 7) is 4.71. The summed E-state index contributed by atoms with van der Waals surface area (Å²) in [5.41, 5.74) is 13.4. The summed E-state index contributed by atoms with van der Waals surface area (Å²) < 4.78 is 3.77. The highest BCUT2D eigenvalue weighted by atomic mass is 32.1. The molecular formula is C46H32N2S2. The molecule has 0 radical (unpaired) electrons. The maximum atomic E-state index is 5.10. The predicted molar refractivity (Wildman–Crippen MR) is 216 cm³/mol. The van der Waals surface area contributed by atoms with Gasteiger partial charge in [-0.05, 0) is 75.8 Å². The number of benzene rings is 7. The van der Waals surface area contributed by atoms with E-state index in [9.17, 15) is 0 Å². The van der Waals surface area contributed by atoms with Crippen molar-refractivity contribution < 1.29 is 0 Å². The molecular weight excluding hydrogens is 645 g/mol. The fourth-order valence-electron chi connectivity index (χ4n) is 7.78. The zero-order valence-corrected chi connectivity index (χ0v) is 29.4. The average Bonchev–Trinajstić information content (AvgIpc) is 3.83. The number of nitrogens with zero attached hydrogens (tertiary/aromatic N) is 2. The number of rotatable bonds is 5. The standard InChI is InChI=1S/C46H32N2S2/c1-46(2)38-16-8-6-13-34(38)35-25-23-32(27-39(35)46)48(41-17-10-15-37-36-14-7-9-18-42(36)49-44(37)41)33-24-26-40-43(28-33)50-45(47-40)31-21-19-30(20-22-31)29-11-4-3-5-12-29/h3-28H,1-2H3. The van der Waals surface area contributed by atoms with Crippen LogP contribution in [-0.2, 0) is 5.41 Å². The lowest BCUT2D eigenvalue weighted by molar-refractivity contribution is 0.660. The van der Waals surface area contributed by atoms with Crippen molar-refractivity contribution in [1.29, 1.82) is 0 Å². The van der Waals surface area contributed by atoms with Gasteiger partial charge in [0.15, 0.2) is 0 Å². The van der Waals surface area contributed by atoms with Crippen molar-refractivity contribution in [3.8, 4) is 32.8 Å². The van der Waals surface area contributed by atoms with Gasteiger partial charge < -0.3 is 4.90 Å². The Balaban J connectivity index is 1.13. The highest BCUT2D eigenvalue weighted by Crippen LogP contribution is 2.52. The summed E-state index contributed by atoms with van der Waals surface area (Å²) in [6, 6.07) is 57.5. The normalized spacial score (nSPS) is 13.2. The first kappa shape index (κ1) is 29.4. The minimum absolute atomic E-state index is 0.0934. The summed E-state index contributed by atoms with van der Waals surface area (Å²) in [6.07, 6.45) is 0. The molecule has 9 aromatic rings. The third kappa shape index (κ3) is 4.56. The van der Waals surface area contributed by atoms with E-state index in [1.807, 2.05) is 11.3 Å². The van der Waals surface area contributed by atoms with Crippen LogP contribution in [0.2, 0.25) is 0 Å². The van der Waals surface area contributed by atoms with Gasteiger partial charge in [-0.1, -0.05) is 129 Å². The van der Waals surface area contributed by atoms with Crippen molar-refractivity contribution in [2.45, 2.75) is 19.3 Å². The van der Waals surface area contributed by atoms with Crippen LogP contribution >= 0.6 is 22.7 Å². The molecule has 238 valence electrons. The Bertz CT molecular complexity index is 2730. The van der Waals surface area contributed by atoms with Crippen LogP contribution in [0.25, 0.3) is 63.2 Å². The fraction of sp³-hybridized carbons (Fsp3) is 0.0652. The zero-order chi connectivity index (χ0) is 33.4. The Morgan fingerprint density at radius 2 is 1.18 bits per heavy atom. The molecule has 0 N–H and O–H groups in total. The van der Waals surface area contributed by atoms with Crippen molar-refractivity contribution in [1.82, 2.24) is 4.98 Å². The summed E-state index contributed by atoms with van der Waals surface area (Å²) >= 11 is 3.63. The van der Waals surface area contributed by atoms with Gasteiger partial charge in [0.25, 0.3) is 0 Å². The number of hydrogen-bond acceptors (Lipinski definition) is 4. The van der Waals surface area contributed by atoms with Crippen LogP contribution < -0.4 is 4.90 Å². The van der Waals surface area contributed by atoms with Crippen molar-refractivity contribution in [2.75, 3.05) is 4.90 Å². The number of thiophene rings is 1. The van der Waals surface area contributed by atoms with Crippen LogP contribution in [-0.4, -0.2) is 4.98 Å². The SMILES string of the molecule is CC1(C)c2ccccc2-c2ccc(N(c3ccc4nc(-c5ccc(-c6ccccc6)cc5)sc4c3)c3cccc4c3sc3ccccc34)cc21. The average molecular weight is 677 g/mol. The van der Waals surface area contributed by atoms with E-state index in [1.165, 1.54) is 63.9 Å². The van der Waals surface area contributed by atoms with Gasteiger partial charge in [0, 0.05) is 37.8 Å². The predicted octanol–water partition coefficient (Wildman–Crippen LogP) is 13.8. The molecule has 7 aromatic carbocycles. The van der Waals surface area contributed by atoms with Crippen LogP contribution in [0.1, 0.15) is 25.0 Å². The fourth-order valence-corrected chi connectivity index (χ4v) is 9.99. The minimum Gasteiger partial charge on any atom is -0.309 e. The van der Waals surface area contributed by atoms with Crippen LogP contribution in [0, 0.1) is 0 Å². The largest absolute Gasteiger partial charge is 0.309 e. The van der Waals surface area contributed by atoms with E-state index in [2.05, 4.69) is 176 Å². The van der Waals surface area contributed by atoms with E-state index >= 15 is 0 Å². The van der Waals surface area contributed by atoms with Gasteiger partial charge in [-0.2, -0.15) is 0 Å². The van der Waals surface area contributed by atoms with E-state index in [0.717, 1.165) is 27.5 Å². The maximum Gasteiger partial charge on any atom is 0.124 e. The lowest BCUT2D eigenvalue weighted by atomic mass is 9.82. The van der Waals surface area contributed by atoms with Gasteiger partial charge in [0.05, 0.1) is 20.6 Å². The Kier molecular flexibility index (Phi) is 6.61. The summed E-state index contributed by atoms with van der Waals surface area (Å²) in [7, 11) is 0. The minimum atomic E-state index is -0.0934. The lowest BCUT2D eigenvalue weighted by Gasteiger charge is -2.28. The van der Waals surface area contributed by atoms with Gasteiger partial charge in [-0.15, -0.1) is 22.7 Å². The molecule has 0 aliphatic heterocycles. The first-order chi connectivity index (χ1) is 24.5. The van der Waals surface area contributed by atoms with E-state index in [-0.39, 0.29) is 5.41 Å². The number of anilines is 3. The second kappa shape index (κ2) is 11.2. The van der Waals surface area contributed by atoms with Crippen molar-refractivity contribution in [2.24, 2.45) is 0 Å². The number of hydrogen-bond donors (Lipinski definition) is 0. The maximum absolute atomic E-state index is 5.10. The highest BCUT2D eigenvalue weighted by molar-refractivity contribution is 7.26. The molecule has 0 fully saturated rings. The lowest BCUT2D eigenvalue weighted by Crippen LogP contribution is -2.16. The molecule has 2 nitrogen and oxygen atoms in total. The van der Waals surface area contributed by atoms with Crippen LogP contribution in [0.5, 0.6) is 0 Å². The van der Waals surface area contributed by atoms with E-state index < -0.39 is 0 Å². The van der Waals surface area contributed by atoms with Gasteiger partial charge in [0.1, 0.15) is 5.01 Å². The number of fused-ring (bicyclic) bond motifs is 7. The molecule has 2 heterocycles. The Morgan fingerprint density at radius 1 is 0.500 bits per heavy atom. The smallest absolute Gasteiger partial charge is 0.124 e. The summed E-state index contributed by atoms with van der Waals surface area (Å²) in [5.74, 6) is 0. The molecule has 0 spiro atoms. The molecule has 10 rings (SSSR count). The number of thiazole rings is 1. The van der Waals surface area contributed by atoms with E-state index in [4.69, 9.17) is 4.98 Å². The topological polar surface area (TPSA) is 16.1 Å². The van der Waals surface area contributed by atoms with Gasteiger partial charge in [-0.25, -0.2) is 4.98 Å². The molecule has 1 aliphatic rings. The Hall–Kier alpha value is -5.55. The Labute approximate surface area is 299 Å². The van der Waals surface area contributed by atoms with Crippen LogP contribution in [0.3, 0.4) is 0 Å². The second-order valence-corrected chi connectivity index (χ2v) is 15.7. The molecule has 4 heteroatoms. The molecule has 0 amide bonds. The molecule has 50 heavy (non-hydrogen) atoms. The van der Waals surface area contributed by atoms with Crippen LogP contribution in [0.4, 0.5) is 17.1 Å². The first-order valence-corrected chi connectivity index (χ1v) is 18.7. The van der Waals surface area contributed by atoms with Crippen molar-refractivity contribution in [3.05, 3.63) is 169 Å². The van der Waals surface area contributed by atoms with Crippen LogP contribution in [0.15, 0.2) is 158 Å². The third-order valence-electron chi connectivity index (χ3n) is 10.3. The molecule has 0 unspecified atom stereocenters. The first-order valence-electron chi connectivity index (χ1n) is 17.0. The zero-order valence-electron chi connectivity index (χ0n) is 27.7. The van der Waals surface area contributed by atoms with Gasteiger partial charge in [0.2, 0.25) is 0 Å². The second-order valence-electron chi connectivity index (χ2n) is 13.6. The van der Waals surface area contributed by atoms with Crippen molar-refractivity contribution in [3.63, 3.8) is 0 Å².